The molecule has 4 nitrogen and oxygen atoms in total. The Labute approximate surface area is 81.4 Å². The Balaban J connectivity index is 3.88. The first-order valence-electron chi connectivity index (χ1n) is 4.11. The maximum atomic E-state index is 10.8. The highest BCUT2D eigenvalue weighted by atomic mass is 32.2. The highest BCUT2D eigenvalue weighted by Crippen LogP contribution is 2.13. The molecule has 0 amide bonds. The minimum atomic E-state index is -2.85. The van der Waals surface area contributed by atoms with Crippen LogP contribution >= 0.6 is 0 Å². The molecule has 0 saturated carbocycles. The minimum absolute atomic E-state index is 0.211. The highest BCUT2D eigenvalue weighted by Gasteiger charge is 2.28. The summed E-state index contributed by atoms with van der Waals surface area (Å²) in [5.41, 5.74) is 0. The maximum Gasteiger partial charge on any atom is 0.334 e. The average Bonchev–Trinajstić information content (AvgIpc) is 2.02. The molecule has 0 aliphatic carbocycles. The predicted molar refractivity (Wildman–Crippen MR) is 54.8 cm³/mol. The summed E-state index contributed by atoms with van der Waals surface area (Å²) in [6, 6.07) is 0.715. The molecule has 13 heavy (non-hydrogen) atoms. The lowest BCUT2D eigenvalue weighted by molar-refractivity contribution is 0.249. The molecule has 0 saturated heterocycles. The summed E-state index contributed by atoms with van der Waals surface area (Å²) in [7, 11) is -1.70. The second-order valence-electron chi connectivity index (χ2n) is 3.28. The van der Waals surface area contributed by atoms with Crippen molar-refractivity contribution in [1.29, 1.82) is 0 Å². The molecule has 0 radical (unpaired) electrons. The van der Waals surface area contributed by atoms with Crippen molar-refractivity contribution in [3.05, 3.63) is 0 Å². The van der Waals surface area contributed by atoms with Crippen molar-refractivity contribution in [2.75, 3.05) is 26.2 Å². The van der Waals surface area contributed by atoms with Gasteiger partial charge in [0.15, 0.2) is 0 Å². The Bertz CT molecular complexity index is 233. The fourth-order valence-electron chi connectivity index (χ4n) is 0.943. The zero-order valence-corrected chi connectivity index (χ0v) is 10.5. The van der Waals surface area contributed by atoms with Gasteiger partial charge in [0.25, 0.3) is 0 Å². The van der Waals surface area contributed by atoms with Crippen molar-refractivity contribution in [2.45, 2.75) is 19.0 Å². The van der Waals surface area contributed by atoms with Crippen LogP contribution in [0.15, 0.2) is 0 Å². The third kappa shape index (κ3) is 6.20. The van der Waals surface area contributed by atoms with Crippen LogP contribution in [0.5, 0.6) is 0 Å². The quantitative estimate of drug-likeness (QED) is 0.628. The molecule has 0 heterocycles. The van der Waals surface area contributed by atoms with Crippen molar-refractivity contribution in [1.82, 2.24) is 0 Å². The van der Waals surface area contributed by atoms with Crippen LogP contribution in [0.3, 0.4) is 0 Å². The van der Waals surface area contributed by atoms with Gasteiger partial charge in [-0.15, -0.1) is 0 Å². The van der Waals surface area contributed by atoms with Gasteiger partial charge in [-0.3, -0.25) is 0 Å². The molecular formula is C7H18O4SSi. The summed E-state index contributed by atoms with van der Waals surface area (Å²) in [5.74, 6) is 0.211. The number of hydrogen-bond donors (Lipinski definition) is 0. The summed E-state index contributed by atoms with van der Waals surface area (Å²) >= 11 is 0. The Morgan fingerprint density at radius 3 is 2.00 bits per heavy atom. The second-order valence-corrected chi connectivity index (χ2v) is 9.12. The van der Waals surface area contributed by atoms with E-state index in [1.807, 2.05) is 6.55 Å². The van der Waals surface area contributed by atoms with Gasteiger partial charge in [0.2, 0.25) is 0 Å². The summed E-state index contributed by atoms with van der Waals surface area (Å²) in [6.07, 6.45) is 1.86. The van der Waals surface area contributed by atoms with Crippen LogP contribution in [0.4, 0.5) is 0 Å². The van der Waals surface area contributed by atoms with Crippen LogP contribution in [0.1, 0.15) is 6.42 Å². The molecule has 0 atom stereocenters. The summed E-state index contributed by atoms with van der Waals surface area (Å²) in [4.78, 5) is 0. The lowest BCUT2D eigenvalue weighted by atomic mass is 10.6. The van der Waals surface area contributed by atoms with E-state index in [1.165, 1.54) is 6.26 Å². The summed E-state index contributed by atoms with van der Waals surface area (Å²) in [5, 5.41) is 0. The van der Waals surface area contributed by atoms with E-state index in [1.54, 1.807) is 14.2 Å². The highest BCUT2D eigenvalue weighted by molar-refractivity contribution is 7.90. The number of sulfone groups is 1. The second kappa shape index (κ2) is 5.09. The molecule has 0 N–H and O–H groups in total. The SMILES string of the molecule is CO[Si](C)(CCCS(C)(=O)=O)OC. The fourth-order valence-corrected chi connectivity index (χ4v) is 3.26. The summed E-state index contributed by atoms with van der Waals surface area (Å²) in [6.45, 7) is 1.93. The molecule has 0 bridgehead atoms. The topological polar surface area (TPSA) is 52.6 Å². The zero-order valence-electron chi connectivity index (χ0n) is 8.66. The van der Waals surface area contributed by atoms with Crippen LogP contribution in [-0.4, -0.2) is 43.2 Å². The van der Waals surface area contributed by atoms with E-state index in [0.717, 1.165) is 0 Å². The third-order valence-electron chi connectivity index (χ3n) is 2.01. The first-order valence-corrected chi connectivity index (χ1v) is 8.69. The molecule has 6 heteroatoms. The first-order chi connectivity index (χ1) is 5.83. The molecule has 0 aromatic rings. The lowest BCUT2D eigenvalue weighted by Gasteiger charge is -2.22. The van der Waals surface area contributed by atoms with Crippen LogP contribution in [0.2, 0.25) is 12.6 Å². The van der Waals surface area contributed by atoms with Crippen molar-refractivity contribution >= 4 is 18.4 Å². The zero-order chi connectivity index (χ0) is 10.5. The van der Waals surface area contributed by atoms with Gasteiger partial charge in [-0.1, -0.05) is 0 Å². The van der Waals surface area contributed by atoms with Gasteiger partial charge in [0, 0.05) is 26.2 Å². The van der Waals surface area contributed by atoms with Crippen LogP contribution < -0.4 is 0 Å². The number of rotatable bonds is 6. The van der Waals surface area contributed by atoms with Crippen LogP contribution in [0.25, 0.3) is 0 Å². The van der Waals surface area contributed by atoms with Gasteiger partial charge in [0.05, 0.1) is 0 Å². The minimum Gasteiger partial charge on any atom is -0.398 e. The Kier molecular flexibility index (Phi) is 5.12. The number of hydrogen-bond acceptors (Lipinski definition) is 4. The molecule has 0 aliphatic rings. The van der Waals surface area contributed by atoms with Gasteiger partial charge in [-0.05, 0) is 19.0 Å². The van der Waals surface area contributed by atoms with E-state index in [9.17, 15) is 8.42 Å². The van der Waals surface area contributed by atoms with E-state index in [0.29, 0.717) is 12.5 Å². The molecule has 0 aliphatic heterocycles. The lowest BCUT2D eigenvalue weighted by Crippen LogP contribution is -2.36. The van der Waals surface area contributed by atoms with E-state index in [-0.39, 0.29) is 5.75 Å². The van der Waals surface area contributed by atoms with Crippen LogP contribution in [0, 0.1) is 0 Å². The predicted octanol–water partition coefficient (Wildman–Crippen LogP) is 0.786. The molecule has 0 rings (SSSR count). The van der Waals surface area contributed by atoms with Crippen molar-refractivity contribution in [3.8, 4) is 0 Å². The largest absolute Gasteiger partial charge is 0.398 e. The van der Waals surface area contributed by atoms with Crippen LogP contribution in [-0.2, 0) is 18.7 Å². The molecule has 0 fully saturated rings. The van der Waals surface area contributed by atoms with Gasteiger partial charge < -0.3 is 8.85 Å². The van der Waals surface area contributed by atoms with E-state index >= 15 is 0 Å². The fraction of sp³-hybridized carbons (Fsp3) is 1.00. The Morgan fingerprint density at radius 2 is 1.69 bits per heavy atom. The first kappa shape index (κ1) is 13.1. The third-order valence-corrected chi connectivity index (χ3v) is 6.03. The van der Waals surface area contributed by atoms with Crippen molar-refractivity contribution in [2.24, 2.45) is 0 Å². The van der Waals surface area contributed by atoms with E-state index < -0.39 is 18.4 Å². The Hall–Kier alpha value is 0.0869. The normalized spacial score (nSPS) is 13.2. The molecular weight excluding hydrogens is 208 g/mol. The molecule has 0 aromatic carbocycles. The van der Waals surface area contributed by atoms with E-state index in [2.05, 4.69) is 0 Å². The Morgan fingerprint density at radius 1 is 1.23 bits per heavy atom. The molecule has 0 aromatic heterocycles. The molecule has 0 unspecified atom stereocenters. The van der Waals surface area contributed by atoms with Crippen molar-refractivity contribution < 1.29 is 17.3 Å². The van der Waals surface area contributed by atoms with Gasteiger partial charge >= 0.3 is 8.56 Å². The standard InChI is InChI=1S/C7H18O4SSi/c1-10-13(4,11-2)7-5-6-12(3,8)9/h5-7H2,1-4H3. The van der Waals surface area contributed by atoms with Gasteiger partial charge in [0.1, 0.15) is 9.84 Å². The molecule has 0 spiro atoms. The monoisotopic (exact) mass is 226 g/mol. The van der Waals surface area contributed by atoms with Gasteiger partial charge in [-0.2, -0.15) is 0 Å². The smallest absolute Gasteiger partial charge is 0.334 e. The molecule has 80 valence electrons. The summed E-state index contributed by atoms with van der Waals surface area (Å²) < 4.78 is 32.1. The van der Waals surface area contributed by atoms with Gasteiger partial charge in [-0.25, -0.2) is 8.42 Å². The van der Waals surface area contributed by atoms with Crippen molar-refractivity contribution in [3.63, 3.8) is 0 Å². The maximum absolute atomic E-state index is 10.8. The average molecular weight is 226 g/mol. The van der Waals surface area contributed by atoms with E-state index in [4.69, 9.17) is 8.85 Å².